The van der Waals surface area contributed by atoms with E-state index in [0.717, 1.165) is 12.5 Å². The van der Waals surface area contributed by atoms with Gasteiger partial charge in [0.05, 0.1) is 0 Å². The molecule has 3 nitrogen and oxygen atoms in total. The van der Waals surface area contributed by atoms with Crippen molar-refractivity contribution >= 4 is 0 Å². The molecule has 0 aromatic heterocycles. The molecule has 0 amide bonds. The lowest BCUT2D eigenvalue weighted by molar-refractivity contribution is 0.188. The van der Waals surface area contributed by atoms with E-state index in [1.807, 2.05) is 0 Å². The molecular formula is C10H21N3. The summed E-state index contributed by atoms with van der Waals surface area (Å²) in [6, 6.07) is 0.650. The molecule has 2 aliphatic rings. The third-order valence-electron chi connectivity index (χ3n) is 3.49. The zero-order chi connectivity index (χ0) is 9.10. The largest absolute Gasteiger partial charge is 0.329 e. The first-order valence-electron chi connectivity index (χ1n) is 5.56. The minimum absolute atomic E-state index is 0.650. The van der Waals surface area contributed by atoms with Crippen LogP contribution in [0.25, 0.3) is 0 Å². The predicted octanol–water partition coefficient (Wildman–Crippen LogP) is 0.0190. The van der Waals surface area contributed by atoms with Gasteiger partial charge >= 0.3 is 0 Å². The van der Waals surface area contributed by atoms with Crippen LogP contribution in [0.2, 0.25) is 0 Å². The van der Waals surface area contributed by atoms with Crippen molar-refractivity contribution in [2.75, 3.05) is 32.7 Å². The van der Waals surface area contributed by atoms with Crippen LogP contribution in [0.3, 0.4) is 0 Å². The number of rotatable bonds is 3. The highest BCUT2D eigenvalue weighted by Crippen LogP contribution is 2.21. The molecular weight excluding hydrogens is 162 g/mol. The number of nitrogens with one attached hydrogen (secondary N) is 1. The molecule has 0 aliphatic carbocycles. The summed E-state index contributed by atoms with van der Waals surface area (Å²) < 4.78 is 0. The van der Waals surface area contributed by atoms with E-state index in [9.17, 15) is 0 Å². The van der Waals surface area contributed by atoms with Crippen LogP contribution >= 0.6 is 0 Å². The van der Waals surface area contributed by atoms with E-state index in [0.29, 0.717) is 6.04 Å². The Kier molecular flexibility index (Phi) is 3.19. The number of nitrogens with two attached hydrogens (primary N) is 1. The van der Waals surface area contributed by atoms with Crippen LogP contribution in [0.15, 0.2) is 0 Å². The number of hydrogen-bond acceptors (Lipinski definition) is 3. The lowest BCUT2D eigenvalue weighted by Gasteiger charge is -2.30. The smallest absolute Gasteiger partial charge is 0.0259 e. The number of hydrogen-bond donors (Lipinski definition) is 2. The standard InChI is InChI=1S/C10H21N3/c11-7-10(9-3-4-12-8-9)13-5-1-2-6-13/h9-10,12H,1-8,11H2. The molecule has 0 aromatic carbocycles. The molecule has 2 heterocycles. The van der Waals surface area contributed by atoms with Crippen molar-refractivity contribution in [3.63, 3.8) is 0 Å². The molecule has 2 atom stereocenters. The van der Waals surface area contributed by atoms with Gasteiger partial charge in [0, 0.05) is 12.6 Å². The summed E-state index contributed by atoms with van der Waals surface area (Å²) in [7, 11) is 0. The van der Waals surface area contributed by atoms with E-state index >= 15 is 0 Å². The summed E-state index contributed by atoms with van der Waals surface area (Å²) in [5.74, 6) is 0.808. The van der Waals surface area contributed by atoms with E-state index in [2.05, 4.69) is 10.2 Å². The van der Waals surface area contributed by atoms with Gasteiger partial charge in [-0.2, -0.15) is 0 Å². The number of likely N-dealkylation sites (tertiary alicyclic amines) is 1. The minimum Gasteiger partial charge on any atom is -0.329 e. The van der Waals surface area contributed by atoms with Crippen molar-refractivity contribution in [3.8, 4) is 0 Å². The molecule has 13 heavy (non-hydrogen) atoms. The molecule has 76 valence electrons. The van der Waals surface area contributed by atoms with Crippen LogP contribution in [0, 0.1) is 5.92 Å². The van der Waals surface area contributed by atoms with Gasteiger partial charge in [-0.25, -0.2) is 0 Å². The van der Waals surface area contributed by atoms with E-state index in [1.165, 1.54) is 45.4 Å². The van der Waals surface area contributed by atoms with Gasteiger partial charge in [0.1, 0.15) is 0 Å². The maximum Gasteiger partial charge on any atom is 0.0259 e. The topological polar surface area (TPSA) is 41.3 Å². The average molecular weight is 183 g/mol. The Labute approximate surface area is 80.7 Å². The van der Waals surface area contributed by atoms with Crippen molar-refractivity contribution in [1.82, 2.24) is 10.2 Å². The third-order valence-corrected chi connectivity index (χ3v) is 3.49. The minimum atomic E-state index is 0.650. The number of nitrogens with zero attached hydrogens (tertiary/aromatic N) is 1. The normalized spacial score (nSPS) is 32.5. The van der Waals surface area contributed by atoms with Gasteiger partial charge in [0.2, 0.25) is 0 Å². The fourth-order valence-electron chi connectivity index (χ4n) is 2.72. The van der Waals surface area contributed by atoms with Crippen LogP contribution in [-0.4, -0.2) is 43.7 Å². The van der Waals surface area contributed by atoms with Gasteiger partial charge < -0.3 is 11.1 Å². The zero-order valence-corrected chi connectivity index (χ0v) is 8.34. The highest BCUT2D eigenvalue weighted by atomic mass is 15.2. The summed E-state index contributed by atoms with van der Waals surface area (Å²) in [6.45, 7) is 5.76. The van der Waals surface area contributed by atoms with Gasteiger partial charge in [-0.1, -0.05) is 0 Å². The predicted molar refractivity (Wildman–Crippen MR) is 54.6 cm³/mol. The second-order valence-corrected chi connectivity index (χ2v) is 4.30. The zero-order valence-electron chi connectivity index (χ0n) is 8.34. The van der Waals surface area contributed by atoms with Gasteiger partial charge in [-0.05, 0) is 51.4 Å². The molecule has 3 N–H and O–H groups in total. The first kappa shape index (κ1) is 9.44. The Balaban J connectivity index is 1.90. The van der Waals surface area contributed by atoms with E-state index < -0.39 is 0 Å². The Morgan fingerprint density at radius 2 is 2.15 bits per heavy atom. The molecule has 2 aliphatic heterocycles. The second kappa shape index (κ2) is 4.40. The molecule has 2 saturated heterocycles. The Morgan fingerprint density at radius 3 is 2.69 bits per heavy atom. The first-order valence-corrected chi connectivity index (χ1v) is 5.56. The highest BCUT2D eigenvalue weighted by molar-refractivity contribution is 4.87. The summed E-state index contributed by atoms with van der Waals surface area (Å²) >= 11 is 0. The third kappa shape index (κ3) is 2.03. The molecule has 0 spiro atoms. The van der Waals surface area contributed by atoms with E-state index in [-0.39, 0.29) is 0 Å². The fourth-order valence-corrected chi connectivity index (χ4v) is 2.72. The lowest BCUT2D eigenvalue weighted by atomic mass is 9.98. The van der Waals surface area contributed by atoms with E-state index in [4.69, 9.17) is 5.73 Å². The first-order chi connectivity index (χ1) is 6.42. The van der Waals surface area contributed by atoms with Crippen LogP contribution < -0.4 is 11.1 Å². The quantitative estimate of drug-likeness (QED) is 0.648. The fraction of sp³-hybridized carbons (Fsp3) is 1.00. The molecule has 0 saturated carbocycles. The lowest BCUT2D eigenvalue weighted by Crippen LogP contribution is -2.44. The molecule has 0 radical (unpaired) electrons. The average Bonchev–Trinajstić information content (AvgIpc) is 2.76. The van der Waals surface area contributed by atoms with Crippen molar-refractivity contribution < 1.29 is 0 Å². The molecule has 2 rings (SSSR count). The van der Waals surface area contributed by atoms with Crippen molar-refractivity contribution in [1.29, 1.82) is 0 Å². The van der Waals surface area contributed by atoms with Gasteiger partial charge in [-0.15, -0.1) is 0 Å². The Bertz CT molecular complexity index is 132. The van der Waals surface area contributed by atoms with E-state index in [1.54, 1.807) is 0 Å². The van der Waals surface area contributed by atoms with Crippen molar-refractivity contribution in [2.24, 2.45) is 11.7 Å². The van der Waals surface area contributed by atoms with Crippen molar-refractivity contribution in [3.05, 3.63) is 0 Å². The van der Waals surface area contributed by atoms with Gasteiger partial charge in [-0.3, -0.25) is 4.90 Å². The van der Waals surface area contributed by atoms with Crippen molar-refractivity contribution in [2.45, 2.75) is 25.3 Å². The Hall–Kier alpha value is -0.120. The molecule has 0 bridgehead atoms. The molecule has 2 unspecified atom stereocenters. The summed E-state index contributed by atoms with van der Waals surface area (Å²) in [5.41, 5.74) is 5.86. The Morgan fingerprint density at radius 1 is 1.38 bits per heavy atom. The maximum atomic E-state index is 5.86. The SMILES string of the molecule is NCC(C1CCNC1)N1CCCC1. The second-order valence-electron chi connectivity index (χ2n) is 4.30. The highest BCUT2D eigenvalue weighted by Gasteiger charge is 2.29. The molecule has 0 aromatic rings. The van der Waals surface area contributed by atoms with Crippen LogP contribution in [0.5, 0.6) is 0 Å². The summed E-state index contributed by atoms with van der Waals surface area (Å²) in [4.78, 5) is 2.59. The van der Waals surface area contributed by atoms with Gasteiger partial charge in [0.25, 0.3) is 0 Å². The van der Waals surface area contributed by atoms with Crippen LogP contribution in [0.4, 0.5) is 0 Å². The molecule has 2 fully saturated rings. The molecule has 3 heteroatoms. The van der Waals surface area contributed by atoms with Crippen LogP contribution in [0.1, 0.15) is 19.3 Å². The van der Waals surface area contributed by atoms with Crippen LogP contribution in [-0.2, 0) is 0 Å². The summed E-state index contributed by atoms with van der Waals surface area (Å²) in [6.07, 6.45) is 4.06. The van der Waals surface area contributed by atoms with Gasteiger partial charge in [0.15, 0.2) is 0 Å². The monoisotopic (exact) mass is 183 g/mol. The summed E-state index contributed by atoms with van der Waals surface area (Å²) in [5, 5.41) is 3.43. The maximum absolute atomic E-state index is 5.86.